The van der Waals surface area contributed by atoms with Crippen LogP contribution in [0.15, 0.2) is 0 Å². The molecule has 3 heteroatoms. The molecule has 1 atom stereocenters. The zero-order valence-electron chi connectivity index (χ0n) is 15.6. The van der Waals surface area contributed by atoms with Crippen LogP contribution in [0, 0.1) is 0 Å². The van der Waals surface area contributed by atoms with E-state index in [9.17, 15) is 0 Å². The molecule has 1 heterocycles. The van der Waals surface area contributed by atoms with Gasteiger partial charge in [-0.3, -0.25) is 9.80 Å². The lowest BCUT2D eigenvalue weighted by atomic mass is 9.86. The Labute approximate surface area is 139 Å². The van der Waals surface area contributed by atoms with Crippen molar-refractivity contribution in [2.24, 2.45) is 5.73 Å². The second-order valence-electron chi connectivity index (χ2n) is 7.38. The second kappa shape index (κ2) is 11.4. The molecule has 0 aromatic carbocycles. The van der Waals surface area contributed by atoms with Crippen LogP contribution in [-0.4, -0.2) is 54.6 Å². The van der Waals surface area contributed by atoms with Gasteiger partial charge in [0.15, 0.2) is 0 Å². The fraction of sp³-hybridized carbons (Fsp3) is 1.00. The molecule has 1 aliphatic heterocycles. The van der Waals surface area contributed by atoms with E-state index in [1.54, 1.807) is 0 Å². The molecule has 2 N–H and O–H groups in total. The summed E-state index contributed by atoms with van der Waals surface area (Å²) in [5.41, 5.74) is 6.12. The highest BCUT2D eigenvalue weighted by Gasteiger charge is 2.32. The molecule has 1 fully saturated rings. The molecule has 1 saturated heterocycles. The summed E-state index contributed by atoms with van der Waals surface area (Å²) < 4.78 is 0. The largest absolute Gasteiger partial charge is 0.329 e. The Balaban J connectivity index is 2.44. The molecule has 0 aliphatic carbocycles. The van der Waals surface area contributed by atoms with E-state index in [1.807, 2.05) is 0 Å². The molecule has 132 valence electrons. The van der Waals surface area contributed by atoms with E-state index in [2.05, 4.69) is 30.6 Å². The highest BCUT2D eigenvalue weighted by atomic mass is 15.3. The maximum absolute atomic E-state index is 5.70. The van der Waals surface area contributed by atoms with Crippen molar-refractivity contribution in [2.75, 3.05) is 39.3 Å². The van der Waals surface area contributed by atoms with Gasteiger partial charge in [0.25, 0.3) is 0 Å². The molecule has 0 bridgehead atoms. The van der Waals surface area contributed by atoms with Crippen molar-refractivity contribution >= 4 is 0 Å². The van der Waals surface area contributed by atoms with Crippen LogP contribution in [0.2, 0.25) is 0 Å². The molecule has 1 rings (SSSR count). The van der Waals surface area contributed by atoms with Crippen molar-refractivity contribution in [3.05, 3.63) is 0 Å². The SMILES string of the molecule is CCCCCCCC(C)(CCCC)N1CCN(CCN)CC1. The number of nitrogens with two attached hydrogens (primary N) is 1. The minimum Gasteiger partial charge on any atom is -0.329 e. The smallest absolute Gasteiger partial charge is 0.0182 e. The molecule has 0 aromatic heterocycles. The van der Waals surface area contributed by atoms with Gasteiger partial charge < -0.3 is 5.73 Å². The molecule has 0 amide bonds. The lowest BCUT2D eigenvalue weighted by Crippen LogP contribution is -2.56. The van der Waals surface area contributed by atoms with E-state index in [0.717, 1.165) is 13.1 Å². The molecule has 3 nitrogen and oxygen atoms in total. The highest BCUT2D eigenvalue weighted by Crippen LogP contribution is 2.29. The van der Waals surface area contributed by atoms with Crippen molar-refractivity contribution in [1.29, 1.82) is 0 Å². The van der Waals surface area contributed by atoms with Gasteiger partial charge >= 0.3 is 0 Å². The summed E-state index contributed by atoms with van der Waals surface area (Å²) in [5, 5.41) is 0. The monoisotopic (exact) mass is 311 g/mol. The first-order chi connectivity index (χ1) is 10.7. The Bertz CT molecular complexity index is 261. The average molecular weight is 312 g/mol. The Morgan fingerprint density at radius 1 is 0.818 bits per heavy atom. The number of hydrogen-bond donors (Lipinski definition) is 1. The second-order valence-corrected chi connectivity index (χ2v) is 7.38. The lowest BCUT2D eigenvalue weighted by molar-refractivity contribution is 0.0292. The van der Waals surface area contributed by atoms with E-state index in [4.69, 9.17) is 5.73 Å². The van der Waals surface area contributed by atoms with E-state index in [1.165, 1.54) is 84.0 Å². The quantitative estimate of drug-likeness (QED) is 0.555. The van der Waals surface area contributed by atoms with E-state index >= 15 is 0 Å². The Kier molecular flexibility index (Phi) is 10.3. The summed E-state index contributed by atoms with van der Waals surface area (Å²) in [6.07, 6.45) is 12.4. The minimum atomic E-state index is 0.428. The third-order valence-corrected chi connectivity index (χ3v) is 5.47. The zero-order chi connectivity index (χ0) is 16.3. The molecule has 1 aliphatic rings. The van der Waals surface area contributed by atoms with E-state index in [0.29, 0.717) is 5.54 Å². The van der Waals surface area contributed by atoms with Gasteiger partial charge in [-0.15, -0.1) is 0 Å². The molecule has 22 heavy (non-hydrogen) atoms. The van der Waals surface area contributed by atoms with E-state index in [-0.39, 0.29) is 0 Å². The lowest BCUT2D eigenvalue weighted by Gasteiger charge is -2.46. The summed E-state index contributed by atoms with van der Waals surface area (Å²) in [6.45, 7) is 13.9. The van der Waals surface area contributed by atoms with E-state index < -0.39 is 0 Å². The van der Waals surface area contributed by atoms with Gasteiger partial charge in [0.05, 0.1) is 0 Å². The Hall–Kier alpha value is -0.120. The Morgan fingerprint density at radius 2 is 1.41 bits per heavy atom. The van der Waals surface area contributed by atoms with Crippen LogP contribution >= 0.6 is 0 Å². The fourth-order valence-electron chi connectivity index (χ4n) is 3.80. The van der Waals surface area contributed by atoms with Gasteiger partial charge in [0.1, 0.15) is 0 Å². The predicted molar refractivity (Wildman–Crippen MR) is 98.4 cm³/mol. The molecule has 1 unspecified atom stereocenters. The predicted octanol–water partition coefficient (Wildman–Crippen LogP) is 3.87. The standard InChI is InChI=1S/C19H41N3/c1-4-6-8-9-10-12-19(3,11-7-5-2)22-17-15-21(14-13-20)16-18-22/h4-18,20H2,1-3H3. The first-order valence-electron chi connectivity index (χ1n) is 9.83. The fourth-order valence-corrected chi connectivity index (χ4v) is 3.80. The van der Waals surface area contributed by atoms with Crippen LogP contribution in [0.4, 0.5) is 0 Å². The summed E-state index contributed by atoms with van der Waals surface area (Å²) >= 11 is 0. The number of unbranched alkanes of at least 4 members (excludes halogenated alkanes) is 5. The van der Waals surface area contributed by atoms with Crippen LogP contribution < -0.4 is 5.73 Å². The number of rotatable bonds is 12. The van der Waals surface area contributed by atoms with Gasteiger partial charge in [0.2, 0.25) is 0 Å². The Morgan fingerprint density at radius 3 is 2.00 bits per heavy atom. The summed E-state index contributed by atoms with van der Waals surface area (Å²) in [4.78, 5) is 5.31. The molecule has 0 saturated carbocycles. The summed E-state index contributed by atoms with van der Waals surface area (Å²) in [7, 11) is 0. The zero-order valence-corrected chi connectivity index (χ0v) is 15.6. The average Bonchev–Trinajstić information content (AvgIpc) is 2.54. The van der Waals surface area contributed by atoms with Crippen molar-refractivity contribution in [3.8, 4) is 0 Å². The minimum absolute atomic E-state index is 0.428. The number of hydrogen-bond acceptors (Lipinski definition) is 3. The normalized spacial score (nSPS) is 20.2. The first kappa shape index (κ1) is 19.9. The van der Waals surface area contributed by atoms with Crippen molar-refractivity contribution in [3.63, 3.8) is 0 Å². The number of piperazine rings is 1. The van der Waals surface area contributed by atoms with Gasteiger partial charge in [0, 0.05) is 44.8 Å². The van der Waals surface area contributed by atoms with Crippen molar-refractivity contribution in [2.45, 2.75) is 84.1 Å². The third-order valence-electron chi connectivity index (χ3n) is 5.47. The summed E-state index contributed by atoms with van der Waals surface area (Å²) in [6, 6.07) is 0. The molecular weight excluding hydrogens is 270 g/mol. The van der Waals surface area contributed by atoms with Crippen LogP contribution in [0.25, 0.3) is 0 Å². The van der Waals surface area contributed by atoms with Gasteiger partial charge in [-0.1, -0.05) is 58.8 Å². The van der Waals surface area contributed by atoms with Crippen LogP contribution in [0.5, 0.6) is 0 Å². The summed E-state index contributed by atoms with van der Waals surface area (Å²) in [5.74, 6) is 0. The maximum atomic E-state index is 5.70. The maximum Gasteiger partial charge on any atom is 0.0182 e. The topological polar surface area (TPSA) is 32.5 Å². The van der Waals surface area contributed by atoms with Gasteiger partial charge in [-0.05, 0) is 19.8 Å². The van der Waals surface area contributed by atoms with Crippen molar-refractivity contribution in [1.82, 2.24) is 9.80 Å². The highest BCUT2D eigenvalue weighted by molar-refractivity contribution is 4.89. The third kappa shape index (κ3) is 6.97. The molecule has 0 radical (unpaired) electrons. The van der Waals surface area contributed by atoms with Gasteiger partial charge in [-0.2, -0.15) is 0 Å². The molecular formula is C19H41N3. The molecule has 0 aromatic rings. The van der Waals surface area contributed by atoms with Crippen LogP contribution in [0.1, 0.15) is 78.6 Å². The molecule has 0 spiro atoms. The number of nitrogens with zero attached hydrogens (tertiary/aromatic N) is 2. The van der Waals surface area contributed by atoms with Crippen LogP contribution in [-0.2, 0) is 0 Å². The van der Waals surface area contributed by atoms with Crippen molar-refractivity contribution < 1.29 is 0 Å². The van der Waals surface area contributed by atoms with Gasteiger partial charge in [-0.25, -0.2) is 0 Å². The van der Waals surface area contributed by atoms with Crippen LogP contribution in [0.3, 0.4) is 0 Å². The first-order valence-corrected chi connectivity index (χ1v) is 9.83.